The first kappa shape index (κ1) is 14.9. The van der Waals surface area contributed by atoms with Crippen LogP contribution in [0.1, 0.15) is 39.5 Å². The van der Waals surface area contributed by atoms with Crippen molar-refractivity contribution in [1.29, 1.82) is 0 Å². The molecule has 0 aromatic carbocycles. The van der Waals surface area contributed by atoms with E-state index in [1.54, 1.807) is 0 Å². The summed E-state index contributed by atoms with van der Waals surface area (Å²) in [6.07, 6.45) is 5.85. The van der Waals surface area contributed by atoms with Crippen LogP contribution in [0.3, 0.4) is 0 Å². The number of allylic oxidation sites excluding steroid dienone is 4. The normalized spacial score (nSPS) is 55.0. The summed E-state index contributed by atoms with van der Waals surface area (Å²) < 4.78 is 14.2. The number of nitrogens with two attached hydrogens (primary N) is 1. The van der Waals surface area contributed by atoms with Crippen LogP contribution in [0.5, 0.6) is 0 Å². The summed E-state index contributed by atoms with van der Waals surface area (Å²) >= 11 is 0. The van der Waals surface area contributed by atoms with Crippen LogP contribution in [-0.2, 0) is 9.59 Å². The van der Waals surface area contributed by atoms with Gasteiger partial charge in [-0.3, -0.25) is 9.59 Å². The monoisotopic (exact) mass is 329 g/mol. The number of halogens is 1. The number of ketones is 2. The molecule has 3 nitrogen and oxygen atoms in total. The predicted octanol–water partition coefficient (Wildman–Crippen LogP) is 2.95. The maximum absolute atomic E-state index is 14.2. The van der Waals surface area contributed by atoms with Crippen LogP contribution in [0.4, 0.5) is 4.39 Å². The Hall–Kier alpha value is -1.45. The molecule has 0 amide bonds. The Labute approximate surface area is 141 Å². The molecule has 2 N–H and O–H groups in total. The fraction of sp³-hybridized carbons (Fsp3) is 0.700. The quantitative estimate of drug-likeness (QED) is 0.743. The number of alkyl halides is 1. The Balaban J connectivity index is 1.63. The molecule has 0 heterocycles. The van der Waals surface area contributed by atoms with Crippen molar-refractivity contribution < 1.29 is 14.0 Å². The van der Waals surface area contributed by atoms with Crippen LogP contribution in [0, 0.1) is 40.4 Å². The third-order valence-electron chi connectivity index (χ3n) is 8.32. The van der Waals surface area contributed by atoms with E-state index in [1.807, 2.05) is 13.0 Å². The molecule has 0 aromatic heterocycles. The van der Waals surface area contributed by atoms with Crippen LogP contribution >= 0.6 is 0 Å². The van der Waals surface area contributed by atoms with Crippen molar-refractivity contribution in [3.8, 4) is 0 Å². The van der Waals surface area contributed by atoms with E-state index in [2.05, 4.69) is 13.0 Å². The third-order valence-corrected chi connectivity index (χ3v) is 8.32. The Morgan fingerprint density at radius 1 is 1.17 bits per heavy atom. The molecule has 1 unspecified atom stereocenters. The molecule has 5 aliphatic carbocycles. The Bertz CT molecular complexity index is 740. The van der Waals surface area contributed by atoms with Crippen molar-refractivity contribution >= 4 is 11.6 Å². The molecule has 0 aromatic rings. The standard InChI is InChI=1S/C20H24FNO2/c1-19-6-5-11-9(13(19)8-15(21)18(19)24)3-4-12-16(22)17(23)10-7-14(10)20(11,12)2/h3-4,9-11,13-15H,5-8,22H2,1-2H3/t9-,10+,11+,13+,14?,15+,19+,20-/m1/s1. The van der Waals surface area contributed by atoms with Gasteiger partial charge in [-0.2, -0.15) is 0 Å². The zero-order valence-electron chi connectivity index (χ0n) is 14.2. The minimum absolute atomic E-state index is 0.0825. The van der Waals surface area contributed by atoms with Crippen LogP contribution in [0.2, 0.25) is 0 Å². The molecule has 24 heavy (non-hydrogen) atoms. The molecule has 128 valence electrons. The van der Waals surface area contributed by atoms with Gasteiger partial charge in [0, 0.05) is 16.7 Å². The van der Waals surface area contributed by atoms with Crippen molar-refractivity contribution in [1.82, 2.24) is 0 Å². The lowest BCUT2D eigenvalue weighted by atomic mass is 9.49. The maximum Gasteiger partial charge on any atom is 0.182 e. The second-order valence-electron chi connectivity index (χ2n) is 9.10. The van der Waals surface area contributed by atoms with Gasteiger partial charge in [0.05, 0.1) is 5.70 Å². The highest BCUT2D eigenvalue weighted by Crippen LogP contribution is 2.69. The van der Waals surface area contributed by atoms with Crippen LogP contribution in [-0.4, -0.2) is 17.7 Å². The molecule has 8 atom stereocenters. The van der Waals surface area contributed by atoms with Crippen molar-refractivity contribution in [2.45, 2.75) is 45.7 Å². The van der Waals surface area contributed by atoms with Crippen LogP contribution in [0.15, 0.2) is 23.4 Å². The number of hydrogen-bond donors (Lipinski definition) is 1. The number of hydrogen-bond acceptors (Lipinski definition) is 3. The maximum atomic E-state index is 14.2. The molecule has 3 fully saturated rings. The molecular formula is C20H24FNO2. The van der Waals surface area contributed by atoms with Gasteiger partial charge in [-0.25, -0.2) is 4.39 Å². The number of fused-ring (bicyclic) bond motifs is 7. The Morgan fingerprint density at radius 2 is 1.92 bits per heavy atom. The molecular weight excluding hydrogens is 305 g/mol. The highest BCUT2D eigenvalue weighted by molar-refractivity contribution is 6.01. The van der Waals surface area contributed by atoms with Gasteiger partial charge in [-0.1, -0.05) is 26.0 Å². The second kappa shape index (κ2) is 4.20. The van der Waals surface area contributed by atoms with E-state index < -0.39 is 11.6 Å². The van der Waals surface area contributed by atoms with Gasteiger partial charge >= 0.3 is 0 Å². The van der Waals surface area contributed by atoms with Crippen molar-refractivity contribution in [3.05, 3.63) is 23.4 Å². The molecule has 5 rings (SSSR count). The summed E-state index contributed by atoms with van der Waals surface area (Å²) in [5.41, 5.74) is 7.06. The SMILES string of the molecule is C[C@]12CC[C@H]3[C@@H](C=CC4=C(N)C(=O)[C@H]5CC5[C@@]43C)[C@@H]1C[C@H](F)C2=O. The summed E-state index contributed by atoms with van der Waals surface area (Å²) in [5, 5.41) is 0. The van der Waals surface area contributed by atoms with Gasteiger partial charge in [0.25, 0.3) is 0 Å². The highest BCUT2D eigenvalue weighted by Gasteiger charge is 2.67. The second-order valence-corrected chi connectivity index (χ2v) is 9.10. The fourth-order valence-corrected chi connectivity index (χ4v) is 6.84. The van der Waals surface area contributed by atoms with Gasteiger partial charge in [0.2, 0.25) is 0 Å². The lowest BCUT2D eigenvalue weighted by Gasteiger charge is -2.54. The number of carbonyl (C=O) groups is 2. The average molecular weight is 329 g/mol. The molecule has 0 spiro atoms. The van der Waals surface area contributed by atoms with Crippen LogP contribution in [0.25, 0.3) is 0 Å². The molecule has 0 saturated heterocycles. The first-order valence-electron chi connectivity index (χ1n) is 9.21. The molecule has 4 heteroatoms. The predicted molar refractivity (Wildman–Crippen MR) is 87.4 cm³/mol. The molecule has 3 saturated carbocycles. The van der Waals surface area contributed by atoms with E-state index in [0.717, 1.165) is 24.8 Å². The smallest absolute Gasteiger partial charge is 0.182 e. The minimum atomic E-state index is -1.30. The summed E-state index contributed by atoms with van der Waals surface area (Å²) in [5.74, 6) is 1.10. The van der Waals surface area contributed by atoms with Crippen LogP contribution < -0.4 is 5.73 Å². The van der Waals surface area contributed by atoms with E-state index in [-0.39, 0.29) is 34.7 Å². The summed E-state index contributed by atoms with van der Waals surface area (Å²) in [6, 6.07) is 0. The molecule has 0 aliphatic heterocycles. The van der Waals surface area contributed by atoms with E-state index in [1.165, 1.54) is 0 Å². The largest absolute Gasteiger partial charge is 0.396 e. The van der Waals surface area contributed by atoms with E-state index in [0.29, 0.717) is 24.0 Å². The van der Waals surface area contributed by atoms with Gasteiger partial charge in [0.15, 0.2) is 17.7 Å². The average Bonchev–Trinajstić information content (AvgIpc) is 3.32. The third kappa shape index (κ3) is 1.45. The topological polar surface area (TPSA) is 60.2 Å². The van der Waals surface area contributed by atoms with Crippen molar-refractivity contribution in [2.24, 2.45) is 46.2 Å². The lowest BCUT2D eigenvalue weighted by molar-refractivity contribution is -0.133. The van der Waals surface area contributed by atoms with Crippen molar-refractivity contribution in [2.75, 3.05) is 0 Å². The summed E-state index contributed by atoms with van der Waals surface area (Å²) in [6.45, 7) is 4.23. The number of rotatable bonds is 0. The van der Waals surface area contributed by atoms with Gasteiger partial charge in [-0.05, 0) is 54.9 Å². The summed E-state index contributed by atoms with van der Waals surface area (Å²) in [4.78, 5) is 24.7. The molecule has 5 aliphatic rings. The highest BCUT2D eigenvalue weighted by atomic mass is 19.1. The zero-order chi connectivity index (χ0) is 17.0. The van der Waals surface area contributed by atoms with Crippen molar-refractivity contribution in [3.63, 3.8) is 0 Å². The Morgan fingerprint density at radius 3 is 2.67 bits per heavy atom. The van der Waals surface area contributed by atoms with Gasteiger partial charge in [0.1, 0.15) is 0 Å². The zero-order valence-corrected chi connectivity index (χ0v) is 14.2. The van der Waals surface area contributed by atoms with Gasteiger partial charge < -0.3 is 5.73 Å². The minimum Gasteiger partial charge on any atom is -0.396 e. The first-order valence-corrected chi connectivity index (χ1v) is 9.21. The first-order chi connectivity index (χ1) is 11.3. The fourth-order valence-electron chi connectivity index (χ4n) is 6.84. The lowest BCUT2D eigenvalue weighted by Crippen LogP contribution is -2.51. The number of carbonyl (C=O) groups excluding carboxylic acids is 2. The van der Waals surface area contributed by atoms with E-state index in [9.17, 15) is 14.0 Å². The van der Waals surface area contributed by atoms with E-state index in [4.69, 9.17) is 5.73 Å². The van der Waals surface area contributed by atoms with E-state index >= 15 is 0 Å². The number of Topliss-reactive ketones (excluding diaryl/α,β-unsaturated/α-hetero) is 2. The molecule has 0 radical (unpaired) electrons. The molecule has 0 bridgehead atoms. The summed E-state index contributed by atoms with van der Waals surface area (Å²) in [7, 11) is 0. The van der Waals surface area contributed by atoms with Gasteiger partial charge in [-0.15, -0.1) is 0 Å². The Kier molecular flexibility index (Phi) is 2.60.